The fourth-order valence-corrected chi connectivity index (χ4v) is 3.41. The van der Waals surface area contributed by atoms with E-state index in [2.05, 4.69) is 103 Å². The van der Waals surface area contributed by atoms with E-state index in [0.717, 1.165) is 6.54 Å². The van der Waals surface area contributed by atoms with Gasteiger partial charge in [0.05, 0.1) is 5.56 Å². The first-order valence-electron chi connectivity index (χ1n) is 8.32. The number of fused-ring (bicyclic) bond motifs is 1. The molecule has 3 aromatic rings. The molecule has 0 saturated carbocycles. The smallest absolute Gasteiger partial charge is 0.213 e. The summed E-state index contributed by atoms with van der Waals surface area (Å²) in [6.07, 6.45) is 10.7. The minimum Gasteiger partial charge on any atom is -0.344 e. The maximum atomic E-state index is 2.29. The van der Waals surface area contributed by atoms with Gasteiger partial charge in [-0.15, -0.1) is 0 Å². The minimum absolute atomic E-state index is 0.921. The van der Waals surface area contributed by atoms with Crippen molar-refractivity contribution in [2.45, 2.75) is 6.92 Å². The summed E-state index contributed by atoms with van der Waals surface area (Å²) in [6, 6.07) is 17.4. The fourth-order valence-electron chi connectivity index (χ4n) is 3.41. The Bertz CT molecular complexity index is 967. The van der Waals surface area contributed by atoms with Gasteiger partial charge in [-0.25, -0.2) is 4.57 Å². The molecule has 2 heterocycles. The summed E-state index contributed by atoms with van der Waals surface area (Å²) in [5, 5.41) is 2.54. The number of aryl methyl sites for hydroxylation is 1. The van der Waals surface area contributed by atoms with Crippen LogP contribution >= 0.6 is 0 Å². The molecular formula is C22H21N2+. The zero-order valence-electron chi connectivity index (χ0n) is 14.1. The first-order valence-corrected chi connectivity index (χ1v) is 8.32. The van der Waals surface area contributed by atoms with Crippen molar-refractivity contribution < 1.29 is 4.57 Å². The van der Waals surface area contributed by atoms with E-state index >= 15 is 0 Å². The van der Waals surface area contributed by atoms with Crippen LogP contribution in [-0.4, -0.2) is 6.54 Å². The summed E-state index contributed by atoms with van der Waals surface area (Å²) in [6.45, 7) is 3.14. The van der Waals surface area contributed by atoms with Crippen molar-refractivity contribution in [3.8, 4) is 11.3 Å². The number of aromatic nitrogens is 1. The Kier molecular flexibility index (Phi) is 3.66. The lowest BCUT2D eigenvalue weighted by atomic mass is 10.0. The minimum atomic E-state index is 0.921. The van der Waals surface area contributed by atoms with E-state index in [1.54, 1.807) is 0 Å². The predicted octanol–water partition coefficient (Wildman–Crippen LogP) is 4.53. The lowest BCUT2D eigenvalue weighted by Gasteiger charge is -2.23. The van der Waals surface area contributed by atoms with Crippen LogP contribution in [0.5, 0.6) is 0 Å². The lowest BCUT2D eigenvalue weighted by molar-refractivity contribution is -0.659. The standard InChI is InChI=1S/C22H21N2/c1-17-20(11-8-12-21(17)24-13-6-3-7-14-24)22-15-18-9-4-5-10-19(18)16-23(22)2/h3-13,15-16H,14H2,1-2H3/q+1. The van der Waals surface area contributed by atoms with Crippen molar-refractivity contribution >= 4 is 16.5 Å². The van der Waals surface area contributed by atoms with Gasteiger partial charge in [0.15, 0.2) is 6.20 Å². The Morgan fingerprint density at radius 2 is 1.79 bits per heavy atom. The molecule has 0 unspecified atom stereocenters. The number of allylic oxidation sites excluding steroid dienone is 2. The van der Waals surface area contributed by atoms with Crippen LogP contribution in [0.1, 0.15) is 5.56 Å². The highest BCUT2D eigenvalue weighted by Gasteiger charge is 2.17. The number of rotatable bonds is 2. The van der Waals surface area contributed by atoms with Gasteiger partial charge in [-0.1, -0.05) is 36.4 Å². The van der Waals surface area contributed by atoms with E-state index in [0.29, 0.717) is 0 Å². The molecule has 24 heavy (non-hydrogen) atoms. The number of hydrogen-bond acceptors (Lipinski definition) is 1. The Morgan fingerprint density at radius 1 is 0.958 bits per heavy atom. The third-order valence-corrected chi connectivity index (χ3v) is 4.71. The van der Waals surface area contributed by atoms with Gasteiger partial charge in [0.25, 0.3) is 0 Å². The Hall–Kier alpha value is -2.87. The molecule has 0 N–H and O–H groups in total. The second-order valence-electron chi connectivity index (χ2n) is 6.27. The maximum Gasteiger partial charge on any atom is 0.213 e. The van der Waals surface area contributed by atoms with E-state index in [1.807, 2.05) is 0 Å². The Labute approximate surface area is 143 Å². The highest BCUT2D eigenvalue weighted by Crippen LogP contribution is 2.31. The summed E-state index contributed by atoms with van der Waals surface area (Å²) < 4.78 is 2.22. The average Bonchev–Trinajstić information content (AvgIpc) is 2.62. The van der Waals surface area contributed by atoms with Crippen molar-refractivity contribution in [2.75, 3.05) is 11.4 Å². The third-order valence-electron chi connectivity index (χ3n) is 4.71. The molecule has 0 spiro atoms. The molecule has 0 bridgehead atoms. The Morgan fingerprint density at radius 3 is 2.58 bits per heavy atom. The first kappa shape index (κ1) is 14.7. The molecule has 0 saturated heterocycles. The first-order chi connectivity index (χ1) is 11.7. The third kappa shape index (κ3) is 2.50. The fraction of sp³-hybridized carbons (Fsp3) is 0.136. The second-order valence-corrected chi connectivity index (χ2v) is 6.27. The monoisotopic (exact) mass is 313 g/mol. The molecule has 0 atom stereocenters. The Balaban J connectivity index is 1.86. The van der Waals surface area contributed by atoms with Crippen LogP contribution in [-0.2, 0) is 7.05 Å². The highest BCUT2D eigenvalue weighted by atomic mass is 15.1. The van der Waals surface area contributed by atoms with Gasteiger partial charge < -0.3 is 4.90 Å². The van der Waals surface area contributed by atoms with Gasteiger partial charge in [-0.3, -0.25) is 0 Å². The van der Waals surface area contributed by atoms with E-state index in [9.17, 15) is 0 Å². The molecule has 0 fully saturated rings. The molecule has 4 rings (SSSR count). The molecular weight excluding hydrogens is 292 g/mol. The number of hydrogen-bond donors (Lipinski definition) is 0. The van der Waals surface area contributed by atoms with Crippen LogP contribution in [0.4, 0.5) is 5.69 Å². The predicted molar refractivity (Wildman–Crippen MR) is 101 cm³/mol. The molecule has 0 aliphatic carbocycles. The summed E-state index contributed by atoms with van der Waals surface area (Å²) in [5.41, 5.74) is 5.10. The van der Waals surface area contributed by atoms with Crippen LogP contribution in [0.25, 0.3) is 22.0 Å². The highest BCUT2D eigenvalue weighted by molar-refractivity contribution is 5.84. The second kappa shape index (κ2) is 5.97. The number of anilines is 1. The maximum absolute atomic E-state index is 2.29. The summed E-state index contributed by atoms with van der Waals surface area (Å²) in [5.74, 6) is 0. The quantitative estimate of drug-likeness (QED) is 0.631. The zero-order chi connectivity index (χ0) is 16.5. The number of benzene rings is 2. The van der Waals surface area contributed by atoms with E-state index in [4.69, 9.17) is 0 Å². The summed E-state index contributed by atoms with van der Waals surface area (Å²) in [7, 11) is 2.12. The zero-order valence-corrected chi connectivity index (χ0v) is 14.1. The molecule has 1 aliphatic rings. The van der Waals surface area contributed by atoms with Gasteiger partial charge >= 0.3 is 0 Å². The molecule has 2 aromatic carbocycles. The van der Waals surface area contributed by atoms with Gasteiger partial charge in [-0.2, -0.15) is 0 Å². The van der Waals surface area contributed by atoms with Crippen LogP contribution in [0.2, 0.25) is 0 Å². The molecule has 2 nitrogen and oxygen atoms in total. The topological polar surface area (TPSA) is 7.12 Å². The molecule has 1 aliphatic heterocycles. The van der Waals surface area contributed by atoms with Crippen molar-refractivity contribution in [3.63, 3.8) is 0 Å². The van der Waals surface area contributed by atoms with Crippen LogP contribution in [0.3, 0.4) is 0 Å². The molecule has 0 radical (unpaired) electrons. The van der Waals surface area contributed by atoms with Crippen molar-refractivity contribution in [1.29, 1.82) is 0 Å². The molecule has 2 heteroatoms. The van der Waals surface area contributed by atoms with Gasteiger partial charge in [-0.05, 0) is 42.1 Å². The summed E-state index contributed by atoms with van der Waals surface area (Å²) >= 11 is 0. The van der Waals surface area contributed by atoms with Crippen molar-refractivity contribution in [1.82, 2.24) is 0 Å². The van der Waals surface area contributed by atoms with E-state index in [1.165, 1.54) is 33.3 Å². The van der Waals surface area contributed by atoms with E-state index < -0.39 is 0 Å². The number of pyridine rings is 1. The van der Waals surface area contributed by atoms with Gasteiger partial charge in [0, 0.05) is 29.9 Å². The molecule has 1 aromatic heterocycles. The van der Waals surface area contributed by atoms with Gasteiger partial charge in [0.2, 0.25) is 5.69 Å². The lowest BCUT2D eigenvalue weighted by Crippen LogP contribution is -2.30. The van der Waals surface area contributed by atoms with Crippen LogP contribution < -0.4 is 9.47 Å². The largest absolute Gasteiger partial charge is 0.344 e. The summed E-state index contributed by atoms with van der Waals surface area (Å²) in [4.78, 5) is 2.29. The SMILES string of the molecule is Cc1c(-c2cc3ccccc3c[n+]2C)cccc1N1C=CC=CC1. The van der Waals surface area contributed by atoms with Crippen molar-refractivity contribution in [2.24, 2.45) is 7.05 Å². The average molecular weight is 313 g/mol. The molecule has 118 valence electrons. The number of nitrogens with zero attached hydrogens (tertiary/aromatic N) is 2. The van der Waals surface area contributed by atoms with E-state index in [-0.39, 0.29) is 0 Å². The normalized spacial score (nSPS) is 13.7. The van der Waals surface area contributed by atoms with Crippen LogP contribution in [0, 0.1) is 6.92 Å². The molecule has 0 amide bonds. The van der Waals surface area contributed by atoms with Gasteiger partial charge in [0.1, 0.15) is 7.05 Å². The van der Waals surface area contributed by atoms with Crippen LogP contribution in [0.15, 0.2) is 79.2 Å². The van der Waals surface area contributed by atoms with Crippen molar-refractivity contribution in [3.05, 3.63) is 84.7 Å².